The standard InChI is InChI=1S/C16H24N2O2S/c1-12-5-3-4-6-15(12)20-10-13(2)18-16(19)9-14-11-21-8-7-17-14/h3-6,13-14,17H,7-11H2,1-2H3,(H,18,19)/t13-,14-/m0/s1. The number of amides is 1. The third-order valence-electron chi connectivity index (χ3n) is 3.42. The number of thioether (sulfide) groups is 1. The van der Waals surface area contributed by atoms with Crippen LogP contribution in [0.3, 0.4) is 0 Å². The van der Waals surface area contributed by atoms with Crippen LogP contribution in [0.1, 0.15) is 18.9 Å². The van der Waals surface area contributed by atoms with Gasteiger partial charge in [0.15, 0.2) is 0 Å². The summed E-state index contributed by atoms with van der Waals surface area (Å²) in [4.78, 5) is 12.0. The zero-order valence-corrected chi connectivity index (χ0v) is 13.5. The first kappa shape index (κ1) is 16.2. The van der Waals surface area contributed by atoms with Gasteiger partial charge in [0.25, 0.3) is 0 Å². The number of carbonyl (C=O) groups is 1. The highest BCUT2D eigenvalue weighted by atomic mass is 32.2. The van der Waals surface area contributed by atoms with Gasteiger partial charge >= 0.3 is 0 Å². The maximum atomic E-state index is 12.0. The van der Waals surface area contributed by atoms with Crippen molar-refractivity contribution in [2.24, 2.45) is 0 Å². The summed E-state index contributed by atoms with van der Waals surface area (Å²) in [5.74, 6) is 3.13. The molecule has 1 aromatic carbocycles. The van der Waals surface area contributed by atoms with Gasteiger partial charge < -0.3 is 15.4 Å². The number of hydrogen-bond donors (Lipinski definition) is 2. The largest absolute Gasteiger partial charge is 0.491 e. The molecule has 2 rings (SSSR count). The molecule has 21 heavy (non-hydrogen) atoms. The minimum atomic E-state index is 0.00773. The molecule has 0 aromatic heterocycles. The number of rotatable bonds is 6. The fourth-order valence-corrected chi connectivity index (χ4v) is 3.23. The van der Waals surface area contributed by atoms with Crippen molar-refractivity contribution < 1.29 is 9.53 Å². The van der Waals surface area contributed by atoms with E-state index in [1.807, 2.05) is 49.9 Å². The molecule has 0 unspecified atom stereocenters. The molecule has 1 aliphatic heterocycles. The van der Waals surface area contributed by atoms with Crippen LogP contribution >= 0.6 is 11.8 Å². The van der Waals surface area contributed by atoms with Crippen LogP contribution in [0.2, 0.25) is 0 Å². The number of benzene rings is 1. The molecule has 4 nitrogen and oxygen atoms in total. The SMILES string of the molecule is Cc1ccccc1OC[C@H](C)NC(=O)C[C@H]1CSCCN1. The Kier molecular flexibility index (Phi) is 6.39. The second kappa shape index (κ2) is 8.29. The fraction of sp³-hybridized carbons (Fsp3) is 0.562. The molecule has 1 aromatic rings. The molecule has 1 heterocycles. The maximum Gasteiger partial charge on any atom is 0.221 e. The van der Waals surface area contributed by atoms with Gasteiger partial charge in [0.1, 0.15) is 12.4 Å². The predicted molar refractivity (Wildman–Crippen MR) is 88.0 cm³/mol. The lowest BCUT2D eigenvalue weighted by Crippen LogP contribution is -2.44. The third-order valence-corrected chi connectivity index (χ3v) is 4.55. The number of hydrogen-bond acceptors (Lipinski definition) is 4. The number of nitrogens with one attached hydrogen (secondary N) is 2. The molecule has 2 N–H and O–H groups in total. The number of ether oxygens (including phenoxy) is 1. The summed E-state index contributed by atoms with van der Waals surface area (Å²) in [7, 11) is 0. The van der Waals surface area contributed by atoms with Crippen molar-refractivity contribution in [3.05, 3.63) is 29.8 Å². The quantitative estimate of drug-likeness (QED) is 0.844. The highest BCUT2D eigenvalue weighted by Crippen LogP contribution is 2.16. The highest BCUT2D eigenvalue weighted by molar-refractivity contribution is 7.99. The Morgan fingerprint density at radius 1 is 1.52 bits per heavy atom. The molecular weight excluding hydrogens is 284 g/mol. The van der Waals surface area contributed by atoms with E-state index < -0.39 is 0 Å². The summed E-state index contributed by atoms with van der Waals surface area (Å²) in [5, 5.41) is 6.38. The van der Waals surface area contributed by atoms with E-state index in [2.05, 4.69) is 10.6 Å². The van der Waals surface area contributed by atoms with Crippen LogP contribution in [0.25, 0.3) is 0 Å². The van der Waals surface area contributed by atoms with Crippen LogP contribution < -0.4 is 15.4 Å². The van der Waals surface area contributed by atoms with E-state index in [-0.39, 0.29) is 11.9 Å². The van der Waals surface area contributed by atoms with Crippen molar-refractivity contribution in [2.75, 3.05) is 24.7 Å². The lowest BCUT2D eigenvalue weighted by Gasteiger charge is -2.23. The van der Waals surface area contributed by atoms with Crippen LogP contribution in [-0.2, 0) is 4.79 Å². The van der Waals surface area contributed by atoms with Crippen molar-refractivity contribution in [2.45, 2.75) is 32.4 Å². The van der Waals surface area contributed by atoms with Gasteiger partial charge in [-0.2, -0.15) is 11.8 Å². The molecule has 1 fully saturated rings. The van der Waals surface area contributed by atoms with Crippen molar-refractivity contribution >= 4 is 17.7 Å². The van der Waals surface area contributed by atoms with Gasteiger partial charge in [0.05, 0.1) is 6.04 Å². The molecule has 1 saturated heterocycles. The van der Waals surface area contributed by atoms with Crippen molar-refractivity contribution in [3.63, 3.8) is 0 Å². The van der Waals surface area contributed by atoms with Gasteiger partial charge in [-0.05, 0) is 25.5 Å². The summed E-state index contributed by atoms with van der Waals surface area (Å²) in [6.45, 7) is 5.47. The van der Waals surface area contributed by atoms with Gasteiger partial charge in [-0.25, -0.2) is 0 Å². The second-order valence-electron chi connectivity index (χ2n) is 5.48. The van der Waals surface area contributed by atoms with E-state index in [0.717, 1.165) is 29.4 Å². The number of aryl methyl sites for hydroxylation is 1. The number of para-hydroxylation sites is 1. The molecule has 2 atom stereocenters. The smallest absolute Gasteiger partial charge is 0.221 e. The zero-order valence-electron chi connectivity index (χ0n) is 12.7. The minimum Gasteiger partial charge on any atom is -0.491 e. The van der Waals surface area contributed by atoms with Crippen LogP contribution in [0.15, 0.2) is 24.3 Å². The first-order valence-electron chi connectivity index (χ1n) is 7.44. The van der Waals surface area contributed by atoms with Crippen LogP contribution in [0.4, 0.5) is 0 Å². The summed E-state index contributed by atoms with van der Waals surface area (Å²) in [6, 6.07) is 8.22. The normalized spacial score (nSPS) is 19.8. The Morgan fingerprint density at radius 2 is 2.33 bits per heavy atom. The molecule has 116 valence electrons. The average molecular weight is 308 g/mol. The Labute approximate surface area is 131 Å². The second-order valence-corrected chi connectivity index (χ2v) is 6.62. The van der Waals surface area contributed by atoms with E-state index >= 15 is 0 Å². The molecule has 0 saturated carbocycles. The summed E-state index contributed by atoms with van der Waals surface area (Å²) in [5.41, 5.74) is 1.11. The number of carbonyl (C=O) groups excluding carboxylic acids is 1. The third kappa shape index (κ3) is 5.59. The van der Waals surface area contributed by atoms with Gasteiger partial charge in [0, 0.05) is 30.5 Å². The lowest BCUT2D eigenvalue weighted by molar-refractivity contribution is -0.122. The minimum absolute atomic E-state index is 0.00773. The molecule has 1 aliphatic rings. The summed E-state index contributed by atoms with van der Waals surface area (Å²) >= 11 is 1.91. The zero-order chi connectivity index (χ0) is 15.1. The topological polar surface area (TPSA) is 50.4 Å². The summed E-state index contributed by atoms with van der Waals surface area (Å²) in [6.07, 6.45) is 0.543. The van der Waals surface area contributed by atoms with E-state index in [1.54, 1.807) is 0 Å². The van der Waals surface area contributed by atoms with E-state index in [0.29, 0.717) is 19.1 Å². The fourth-order valence-electron chi connectivity index (χ4n) is 2.28. The van der Waals surface area contributed by atoms with Crippen LogP contribution in [0, 0.1) is 6.92 Å². The Bertz CT molecular complexity index is 461. The first-order chi connectivity index (χ1) is 10.1. The molecule has 0 radical (unpaired) electrons. The Hall–Kier alpha value is -1.20. The van der Waals surface area contributed by atoms with E-state index in [1.165, 1.54) is 0 Å². The summed E-state index contributed by atoms with van der Waals surface area (Å²) < 4.78 is 5.75. The lowest BCUT2D eigenvalue weighted by atomic mass is 10.2. The van der Waals surface area contributed by atoms with Crippen LogP contribution in [-0.4, -0.2) is 42.6 Å². The van der Waals surface area contributed by atoms with Gasteiger partial charge in [-0.1, -0.05) is 18.2 Å². The van der Waals surface area contributed by atoms with Crippen molar-refractivity contribution in [3.8, 4) is 5.75 Å². The molecule has 0 aliphatic carbocycles. The molecule has 0 bridgehead atoms. The monoisotopic (exact) mass is 308 g/mol. The van der Waals surface area contributed by atoms with E-state index in [4.69, 9.17) is 4.74 Å². The molecule has 0 spiro atoms. The molecular formula is C16H24N2O2S. The Morgan fingerprint density at radius 3 is 3.05 bits per heavy atom. The average Bonchev–Trinajstić information content (AvgIpc) is 2.47. The predicted octanol–water partition coefficient (Wildman–Crippen LogP) is 1.97. The van der Waals surface area contributed by atoms with Gasteiger partial charge in [-0.3, -0.25) is 4.79 Å². The van der Waals surface area contributed by atoms with Gasteiger partial charge in [0.2, 0.25) is 5.91 Å². The van der Waals surface area contributed by atoms with Crippen molar-refractivity contribution in [1.82, 2.24) is 10.6 Å². The molecule has 5 heteroatoms. The van der Waals surface area contributed by atoms with Gasteiger partial charge in [-0.15, -0.1) is 0 Å². The highest BCUT2D eigenvalue weighted by Gasteiger charge is 2.17. The first-order valence-corrected chi connectivity index (χ1v) is 8.59. The molecule has 1 amide bonds. The Balaban J connectivity index is 1.70. The van der Waals surface area contributed by atoms with Crippen LogP contribution in [0.5, 0.6) is 5.75 Å². The maximum absolute atomic E-state index is 12.0. The van der Waals surface area contributed by atoms with Crippen molar-refractivity contribution in [1.29, 1.82) is 0 Å². The van der Waals surface area contributed by atoms with E-state index in [9.17, 15) is 4.79 Å².